The fraction of sp³-hybridized carbons (Fsp3) is 0.167. The number of hydrogen-bond acceptors (Lipinski definition) is 6. The minimum atomic E-state index is 0.717. The summed E-state index contributed by atoms with van der Waals surface area (Å²) in [5.74, 6) is 2.18. The summed E-state index contributed by atoms with van der Waals surface area (Å²) in [5, 5.41) is 3.21. The summed E-state index contributed by atoms with van der Waals surface area (Å²) in [5.41, 5.74) is 4.30. The normalized spacial score (nSPS) is 12.7. The van der Waals surface area contributed by atoms with Crippen LogP contribution in [0.5, 0.6) is 0 Å². The van der Waals surface area contributed by atoms with Gasteiger partial charge in [-0.2, -0.15) is 0 Å². The van der Waals surface area contributed by atoms with Crippen LogP contribution in [-0.4, -0.2) is 32.7 Å². The average molecular weight is 316 g/mol. The number of hydrogen-bond donors (Lipinski definition) is 1. The summed E-state index contributed by atoms with van der Waals surface area (Å²) in [6.45, 7) is 2.68. The third-order valence-electron chi connectivity index (χ3n) is 3.84. The molecule has 0 radical (unpaired) electrons. The van der Waals surface area contributed by atoms with Gasteiger partial charge in [0.25, 0.3) is 0 Å². The third kappa shape index (κ3) is 2.99. The number of fused-ring (bicyclic) bond motifs is 1. The maximum atomic E-state index is 4.57. The minimum absolute atomic E-state index is 0.717. The van der Waals surface area contributed by atoms with E-state index in [2.05, 4.69) is 36.3 Å². The zero-order valence-corrected chi connectivity index (χ0v) is 13.3. The molecule has 4 rings (SSSR count). The van der Waals surface area contributed by atoms with Crippen LogP contribution in [0.1, 0.15) is 17.1 Å². The Morgan fingerprint density at radius 1 is 0.958 bits per heavy atom. The smallest absolute Gasteiger partial charge is 0.135 e. The number of rotatable bonds is 3. The Kier molecular flexibility index (Phi) is 3.70. The first-order chi connectivity index (χ1) is 11.8. The molecule has 1 N–H and O–H groups in total. The lowest BCUT2D eigenvalue weighted by Gasteiger charge is -2.11. The number of aromatic nitrogens is 4. The van der Waals surface area contributed by atoms with Gasteiger partial charge in [0.1, 0.15) is 17.5 Å². The number of nitrogens with zero attached hydrogens (tertiary/aromatic N) is 5. The first kappa shape index (κ1) is 14.4. The molecule has 0 spiro atoms. The average Bonchev–Trinajstić information content (AvgIpc) is 2.61. The first-order valence-corrected chi connectivity index (χ1v) is 7.80. The molecular weight excluding hydrogens is 300 g/mol. The fourth-order valence-corrected chi connectivity index (χ4v) is 2.66. The Morgan fingerprint density at radius 3 is 2.79 bits per heavy atom. The van der Waals surface area contributed by atoms with Crippen LogP contribution in [0, 0.1) is 6.92 Å². The molecule has 6 nitrogen and oxygen atoms in total. The Balaban J connectivity index is 1.64. The lowest BCUT2D eigenvalue weighted by molar-refractivity contribution is 0.906. The summed E-state index contributed by atoms with van der Waals surface area (Å²) in [6.07, 6.45) is 8.22. The van der Waals surface area contributed by atoms with Crippen molar-refractivity contribution in [3.63, 3.8) is 0 Å². The second kappa shape index (κ2) is 6.16. The van der Waals surface area contributed by atoms with Gasteiger partial charge in [-0.1, -0.05) is 0 Å². The van der Waals surface area contributed by atoms with E-state index in [9.17, 15) is 0 Å². The molecule has 3 aromatic rings. The number of aryl methyl sites for hydroxylation is 1. The van der Waals surface area contributed by atoms with Crippen LogP contribution in [0.2, 0.25) is 0 Å². The monoisotopic (exact) mass is 316 g/mol. The molecule has 0 aliphatic carbocycles. The second-order valence-electron chi connectivity index (χ2n) is 5.59. The molecule has 0 unspecified atom stereocenters. The zero-order chi connectivity index (χ0) is 16.4. The van der Waals surface area contributed by atoms with Gasteiger partial charge in [0.05, 0.1) is 5.69 Å². The van der Waals surface area contributed by atoms with Gasteiger partial charge in [-0.15, -0.1) is 0 Å². The summed E-state index contributed by atoms with van der Waals surface area (Å²) in [7, 11) is 0. The summed E-state index contributed by atoms with van der Waals surface area (Å²) in [6, 6.07) is 7.90. The van der Waals surface area contributed by atoms with E-state index < -0.39 is 0 Å². The lowest BCUT2D eigenvalue weighted by Crippen LogP contribution is -2.05. The van der Waals surface area contributed by atoms with E-state index in [1.807, 2.05) is 37.5 Å². The number of aliphatic imine (C=N–C) groups is 1. The van der Waals surface area contributed by atoms with Crippen LogP contribution < -0.4 is 5.32 Å². The van der Waals surface area contributed by atoms with Gasteiger partial charge >= 0.3 is 0 Å². The summed E-state index contributed by atoms with van der Waals surface area (Å²) >= 11 is 0. The van der Waals surface area contributed by atoms with E-state index in [1.54, 1.807) is 12.4 Å². The Labute approximate surface area is 139 Å². The van der Waals surface area contributed by atoms with E-state index in [0.717, 1.165) is 47.0 Å². The molecule has 0 bridgehead atoms. The van der Waals surface area contributed by atoms with Gasteiger partial charge in [0.2, 0.25) is 0 Å². The maximum absolute atomic E-state index is 4.57. The van der Waals surface area contributed by atoms with Crippen LogP contribution in [0.15, 0.2) is 47.8 Å². The summed E-state index contributed by atoms with van der Waals surface area (Å²) in [4.78, 5) is 21.7. The quantitative estimate of drug-likeness (QED) is 0.804. The molecule has 0 aromatic carbocycles. The molecule has 0 amide bonds. The largest absolute Gasteiger partial charge is 0.325 e. The SMILES string of the molecule is Cc1nccc(Nc2cc(-c3cnc4c(c3)C=NCC4)ccn2)n1. The van der Waals surface area contributed by atoms with Gasteiger partial charge in [0, 0.05) is 48.9 Å². The van der Waals surface area contributed by atoms with Crippen molar-refractivity contribution in [2.24, 2.45) is 4.99 Å². The Morgan fingerprint density at radius 2 is 1.88 bits per heavy atom. The molecule has 0 saturated carbocycles. The highest BCUT2D eigenvalue weighted by atomic mass is 15.1. The van der Waals surface area contributed by atoms with E-state index in [0.29, 0.717) is 5.82 Å². The molecule has 0 fully saturated rings. The third-order valence-corrected chi connectivity index (χ3v) is 3.84. The van der Waals surface area contributed by atoms with E-state index in [4.69, 9.17) is 0 Å². The molecule has 1 aliphatic rings. The van der Waals surface area contributed by atoms with Crippen LogP contribution in [-0.2, 0) is 6.42 Å². The second-order valence-corrected chi connectivity index (χ2v) is 5.59. The molecule has 24 heavy (non-hydrogen) atoms. The molecule has 0 saturated heterocycles. The summed E-state index contributed by atoms with van der Waals surface area (Å²) < 4.78 is 0. The van der Waals surface area contributed by atoms with Crippen molar-refractivity contribution in [1.29, 1.82) is 0 Å². The topological polar surface area (TPSA) is 76.0 Å². The number of pyridine rings is 2. The van der Waals surface area contributed by atoms with Gasteiger partial charge in [-0.3, -0.25) is 9.98 Å². The van der Waals surface area contributed by atoms with Crippen LogP contribution in [0.3, 0.4) is 0 Å². The number of anilines is 2. The van der Waals surface area contributed by atoms with Crippen LogP contribution in [0.4, 0.5) is 11.6 Å². The van der Waals surface area contributed by atoms with Gasteiger partial charge in [-0.05, 0) is 36.8 Å². The van der Waals surface area contributed by atoms with E-state index in [-0.39, 0.29) is 0 Å². The Hall–Kier alpha value is -3.15. The van der Waals surface area contributed by atoms with Gasteiger partial charge in [-0.25, -0.2) is 15.0 Å². The predicted molar refractivity (Wildman–Crippen MR) is 93.7 cm³/mol. The maximum Gasteiger partial charge on any atom is 0.135 e. The van der Waals surface area contributed by atoms with E-state index >= 15 is 0 Å². The van der Waals surface area contributed by atoms with Crippen molar-refractivity contribution in [1.82, 2.24) is 19.9 Å². The first-order valence-electron chi connectivity index (χ1n) is 7.80. The molecule has 0 atom stereocenters. The highest BCUT2D eigenvalue weighted by Gasteiger charge is 2.09. The predicted octanol–water partition coefficient (Wildman–Crippen LogP) is 2.96. The standard InChI is InChI=1S/C18H16N6/c1-12-20-7-4-17(23-12)24-18-9-13(2-6-21-18)14-8-15-10-19-5-3-16(15)22-11-14/h2,4,6-11H,3,5H2,1H3,(H,20,21,23,24). The van der Waals surface area contributed by atoms with Crippen molar-refractivity contribution in [2.45, 2.75) is 13.3 Å². The van der Waals surface area contributed by atoms with Crippen molar-refractivity contribution < 1.29 is 0 Å². The van der Waals surface area contributed by atoms with E-state index in [1.165, 1.54) is 0 Å². The molecule has 1 aliphatic heterocycles. The molecular formula is C18H16N6. The molecule has 3 aromatic heterocycles. The highest BCUT2D eigenvalue weighted by Crippen LogP contribution is 2.24. The molecule has 4 heterocycles. The van der Waals surface area contributed by atoms with Crippen molar-refractivity contribution >= 4 is 17.9 Å². The lowest BCUT2D eigenvalue weighted by atomic mass is 10.0. The number of nitrogens with one attached hydrogen (secondary N) is 1. The van der Waals surface area contributed by atoms with Crippen LogP contribution >= 0.6 is 0 Å². The Bertz CT molecular complexity index is 919. The minimum Gasteiger partial charge on any atom is -0.325 e. The molecule has 6 heteroatoms. The van der Waals surface area contributed by atoms with Gasteiger partial charge < -0.3 is 5.32 Å². The van der Waals surface area contributed by atoms with Crippen molar-refractivity contribution in [3.05, 3.63) is 59.9 Å². The zero-order valence-electron chi connectivity index (χ0n) is 13.3. The van der Waals surface area contributed by atoms with Crippen molar-refractivity contribution in [3.8, 4) is 11.1 Å². The van der Waals surface area contributed by atoms with Gasteiger partial charge in [0.15, 0.2) is 0 Å². The fourth-order valence-electron chi connectivity index (χ4n) is 2.66. The van der Waals surface area contributed by atoms with Crippen molar-refractivity contribution in [2.75, 3.05) is 11.9 Å². The molecule has 118 valence electrons. The van der Waals surface area contributed by atoms with Crippen LogP contribution in [0.25, 0.3) is 11.1 Å². The highest BCUT2D eigenvalue weighted by molar-refractivity contribution is 5.84.